The van der Waals surface area contributed by atoms with Gasteiger partial charge in [-0.15, -0.1) is 0 Å². The zero-order valence-electron chi connectivity index (χ0n) is 9.64. The summed E-state index contributed by atoms with van der Waals surface area (Å²) in [6, 6.07) is -1.19. The molecular weight excluding hydrogens is 230 g/mol. The summed E-state index contributed by atoms with van der Waals surface area (Å²) >= 11 is 0. The summed E-state index contributed by atoms with van der Waals surface area (Å²) in [5.41, 5.74) is 0. The molecule has 0 heterocycles. The zero-order chi connectivity index (χ0) is 13.3. The van der Waals surface area contributed by atoms with Crippen molar-refractivity contribution >= 4 is 17.8 Å². The van der Waals surface area contributed by atoms with Crippen LogP contribution in [-0.2, 0) is 19.1 Å². The molecule has 0 aliphatic heterocycles. The Morgan fingerprint density at radius 3 is 2.41 bits per heavy atom. The molecular formula is C10H17NO6. The monoisotopic (exact) mass is 247 g/mol. The summed E-state index contributed by atoms with van der Waals surface area (Å²) in [6.45, 7) is 2.08. The average Bonchev–Trinajstić information content (AvgIpc) is 2.23. The van der Waals surface area contributed by atoms with Crippen LogP contribution in [0.3, 0.4) is 0 Å². The minimum atomic E-state index is -1.25. The summed E-state index contributed by atoms with van der Waals surface area (Å²) in [5.74, 6) is -2.92. The number of ether oxygens (including phenoxy) is 1. The molecule has 0 bridgehead atoms. The maximum absolute atomic E-state index is 11.2. The normalized spacial score (nSPS) is 11.8. The first-order valence-electron chi connectivity index (χ1n) is 5.29. The van der Waals surface area contributed by atoms with Crippen LogP contribution in [0.25, 0.3) is 0 Å². The number of carboxylic acids is 2. The summed E-state index contributed by atoms with van der Waals surface area (Å²) in [4.78, 5) is 32.3. The van der Waals surface area contributed by atoms with Crippen LogP contribution in [0.15, 0.2) is 0 Å². The Bertz CT molecular complexity index is 278. The molecule has 7 heteroatoms. The van der Waals surface area contributed by atoms with E-state index in [0.717, 1.165) is 6.42 Å². The average molecular weight is 247 g/mol. The molecule has 0 aromatic heterocycles. The fourth-order valence-electron chi connectivity index (χ4n) is 1.07. The van der Waals surface area contributed by atoms with Crippen molar-refractivity contribution in [3.05, 3.63) is 0 Å². The van der Waals surface area contributed by atoms with E-state index in [-0.39, 0.29) is 19.4 Å². The molecule has 1 atom stereocenters. The molecule has 0 aromatic rings. The Labute approximate surface area is 98.8 Å². The lowest BCUT2D eigenvalue weighted by molar-refractivity contribution is -0.143. The van der Waals surface area contributed by atoms with Crippen molar-refractivity contribution in [3.63, 3.8) is 0 Å². The highest BCUT2D eigenvalue weighted by atomic mass is 16.5. The van der Waals surface area contributed by atoms with Crippen molar-refractivity contribution in [3.8, 4) is 0 Å². The van der Waals surface area contributed by atoms with Crippen molar-refractivity contribution in [1.82, 2.24) is 5.32 Å². The third-order valence-corrected chi connectivity index (χ3v) is 1.86. The SMILES string of the molecule is CCCOCC(=O)N[C@@H](CCC(=O)O)C(=O)O. The van der Waals surface area contributed by atoms with Gasteiger partial charge < -0.3 is 20.3 Å². The number of carbonyl (C=O) groups excluding carboxylic acids is 1. The number of carbonyl (C=O) groups is 3. The van der Waals surface area contributed by atoms with Gasteiger partial charge in [-0.05, 0) is 12.8 Å². The summed E-state index contributed by atoms with van der Waals surface area (Å²) in [5, 5.41) is 19.4. The Kier molecular flexibility index (Phi) is 7.70. The summed E-state index contributed by atoms with van der Waals surface area (Å²) in [6.07, 6.45) is 0.298. The molecule has 0 aromatic carbocycles. The van der Waals surface area contributed by atoms with Gasteiger partial charge in [-0.25, -0.2) is 4.79 Å². The van der Waals surface area contributed by atoms with Gasteiger partial charge in [0.05, 0.1) is 0 Å². The largest absolute Gasteiger partial charge is 0.481 e. The Hall–Kier alpha value is -1.63. The van der Waals surface area contributed by atoms with Crippen LogP contribution in [-0.4, -0.2) is 47.3 Å². The highest BCUT2D eigenvalue weighted by molar-refractivity contribution is 5.84. The van der Waals surface area contributed by atoms with E-state index in [1.165, 1.54) is 0 Å². The Morgan fingerprint density at radius 1 is 1.29 bits per heavy atom. The number of rotatable bonds is 9. The van der Waals surface area contributed by atoms with Crippen LogP contribution in [0.5, 0.6) is 0 Å². The third-order valence-electron chi connectivity index (χ3n) is 1.86. The second-order valence-corrected chi connectivity index (χ2v) is 3.44. The minimum absolute atomic E-state index is 0.149. The molecule has 0 unspecified atom stereocenters. The molecule has 0 fully saturated rings. The molecule has 0 aliphatic rings. The lowest BCUT2D eigenvalue weighted by atomic mass is 10.1. The smallest absolute Gasteiger partial charge is 0.326 e. The van der Waals surface area contributed by atoms with Crippen molar-refractivity contribution in [2.45, 2.75) is 32.2 Å². The second kappa shape index (κ2) is 8.51. The van der Waals surface area contributed by atoms with Gasteiger partial charge in [-0.1, -0.05) is 6.92 Å². The van der Waals surface area contributed by atoms with E-state index in [0.29, 0.717) is 6.61 Å². The van der Waals surface area contributed by atoms with Crippen molar-refractivity contribution in [2.75, 3.05) is 13.2 Å². The second-order valence-electron chi connectivity index (χ2n) is 3.44. The number of aliphatic carboxylic acids is 2. The summed E-state index contributed by atoms with van der Waals surface area (Å²) in [7, 11) is 0. The van der Waals surface area contributed by atoms with E-state index in [2.05, 4.69) is 5.32 Å². The maximum Gasteiger partial charge on any atom is 0.326 e. The number of amides is 1. The first-order valence-corrected chi connectivity index (χ1v) is 5.29. The number of carboxylic acid groups (broad SMARTS) is 2. The van der Waals surface area contributed by atoms with Crippen molar-refractivity contribution in [2.24, 2.45) is 0 Å². The lowest BCUT2D eigenvalue weighted by Crippen LogP contribution is -2.42. The van der Waals surface area contributed by atoms with E-state index in [9.17, 15) is 14.4 Å². The number of hydrogen-bond donors (Lipinski definition) is 3. The van der Waals surface area contributed by atoms with Gasteiger partial charge >= 0.3 is 11.9 Å². The van der Waals surface area contributed by atoms with Crippen LogP contribution in [0.1, 0.15) is 26.2 Å². The Morgan fingerprint density at radius 2 is 1.94 bits per heavy atom. The van der Waals surface area contributed by atoms with Gasteiger partial charge in [0.1, 0.15) is 12.6 Å². The highest BCUT2D eigenvalue weighted by Crippen LogP contribution is 1.98. The van der Waals surface area contributed by atoms with Crippen LogP contribution >= 0.6 is 0 Å². The van der Waals surface area contributed by atoms with Crippen molar-refractivity contribution < 1.29 is 29.3 Å². The van der Waals surface area contributed by atoms with E-state index in [1.54, 1.807) is 0 Å². The van der Waals surface area contributed by atoms with Gasteiger partial charge in [-0.2, -0.15) is 0 Å². The summed E-state index contributed by atoms with van der Waals surface area (Å²) < 4.78 is 4.93. The predicted octanol–water partition coefficient (Wildman–Crippen LogP) is -0.153. The molecule has 1 amide bonds. The highest BCUT2D eigenvalue weighted by Gasteiger charge is 2.20. The van der Waals surface area contributed by atoms with E-state index < -0.39 is 23.9 Å². The molecule has 0 spiro atoms. The number of hydrogen-bond acceptors (Lipinski definition) is 4. The van der Waals surface area contributed by atoms with Gasteiger partial charge in [0, 0.05) is 13.0 Å². The van der Waals surface area contributed by atoms with E-state index >= 15 is 0 Å². The fourth-order valence-corrected chi connectivity index (χ4v) is 1.07. The zero-order valence-corrected chi connectivity index (χ0v) is 9.64. The maximum atomic E-state index is 11.2. The molecule has 0 saturated carbocycles. The van der Waals surface area contributed by atoms with Gasteiger partial charge in [0.15, 0.2) is 0 Å². The van der Waals surface area contributed by atoms with Gasteiger partial charge in [-0.3, -0.25) is 9.59 Å². The van der Waals surface area contributed by atoms with Crippen molar-refractivity contribution in [1.29, 1.82) is 0 Å². The third kappa shape index (κ3) is 8.21. The molecule has 7 nitrogen and oxygen atoms in total. The lowest BCUT2D eigenvalue weighted by Gasteiger charge is -2.13. The first kappa shape index (κ1) is 15.4. The first-order chi connectivity index (χ1) is 7.97. The quantitative estimate of drug-likeness (QED) is 0.488. The number of nitrogens with one attached hydrogen (secondary N) is 1. The van der Waals surface area contributed by atoms with Gasteiger partial charge in [0.25, 0.3) is 0 Å². The predicted molar refractivity (Wildman–Crippen MR) is 57.5 cm³/mol. The van der Waals surface area contributed by atoms with E-state index in [1.807, 2.05) is 6.92 Å². The van der Waals surface area contributed by atoms with Crippen LogP contribution in [0, 0.1) is 0 Å². The van der Waals surface area contributed by atoms with Crippen LogP contribution in [0.2, 0.25) is 0 Å². The molecule has 17 heavy (non-hydrogen) atoms. The standard InChI is InChI=1S/C10H17NO6/c1-2-5-17-6-8(12)11-7(10(15)16)3-4-9(13)14/h7H,2-6H2,1H3,(H,11,12)(H,13,14)(H,15,16)/t7-/m0/s1. The molecule has 3 N–H and O–H groups in total. The molecule has 0 aliphatic carbocycles. The topological polar surface area (TPSA) is 113 Å². The van der Waals surface area contributed by atoms with Crippen LogP contribution < -0.4 is 5.32 Å². The minimum Gasteiger partial charge on any atom is -0.481 e. The molecule has 0 saturated heterocycles. The van der Waals surface area contributed by atoms with E-state index in [4.69, 9.17) is 14.9 Å². The fraction of sp³-hybridized carbons (Fsp3) is 0.700. The Balaban J connectivity index is 4.02. The van der Waals surface area contributed by atoms with Crippen LogP contribution in [0.4, 0.5) is 0 Å². The van der Waals surface area contributed by atoms with Gasteiger partial charge in [0.2, 0.25) is 5.91 Å². The molecule has 0 radical (unpaired) electrons. The molecule has 98 valence electrons. The molecule has 0 rings (SSSR count).